The second kappa shape index (κ2) is 6.67. The summed E-state index contributed by atoms with van der Waals surface area (Å²) in [5.74, 6) is 0. The van der Waals surface area contributed by atoms with Gasteiger partial charge in [0.1, 0.15) is 5.60 Å². The maximum atomic E-state index is 6.49. The number of likely N-dealkylation sites (tertiary alicyclic amines) is 1. The number of hydrogen-bond acceptors (Lipinski definition) is 3. The van der Waals surface area contributed by atoms with Crippen LogP contribution >= 0.6 is 0 Å². The van der Waals surface area contributed by atoms with Crippen LogP contribution in [0, 0.1) is 0 Å². The number of ether oxygens (including phenoxy) is 2. The van der Waals surface area contributed by atoms with Crippen LogP contribution in [0.5, 0.6) is 0 Å². The molecule has 0 aliphatic carbocycles. The van der Waals surface area contributed by atoms with E-state index < -0.39 is 0 Å². The fraction of sp³-hybridized carbons (Fsp3) is 0.429. The Morgan fingerprint density at radius 3 is 2.75 bits per heavy atom. The predicted molar refractivity (Wildman–Crippen MR) is 94.7 cm³/mol. The molecule has 0 aromatic heterocycles. The Morgan fingerprint density at radius 2 is 1.92 bits per heavy atom. The molecule has 0 bridgehead atoms. The average Bonchev–Trinajstić information content (AvgIpc) is 2.63. The Morgan fingerprint density at radius 1 is 1.12 bits per heavy atom. The number of nitrogens with zero attached hydrogens (tertiary/aromatic N) is 1. The van der Waals surface area contributed by atoms with Gasteiger partial charge in [-0.15, -0.1) is 0 Å². The zero-order valence-electron chi connectivity index (χ0n) is 14.3. The van der Waals surface area contributed by atoms with E-state index in [-0.39, 0.29) is 11.9 Å². The summed E-state index contributed by atoms with van der Waals surface area (Å²) < 4.78 is 12.1. The number of piperidine rings is 1. The number of benzene rings is 2. The standard InChI is InChI=1S/C21H25NO2/c1-23-20-14-18-10-5-6-11-19(18)21(24-20)12-7-13-22(16-21)15-17-8-3-2-4-9-17/h2-6,8-11,20H,7,12-16H2,1H3/t20-,21+/m1/s1. The molecule has 2 heterocycles. The molecule has 126 valence electrons. The molecule has 0 unspecified atom stereocenters. The molecule has 2 aromatic carbocycles. The minimum absolute atomic E-state index is 0.142. The minimum atomic E-state index is -0.234. The molecule has 0 saturated carbocycles. The van der Waals surface area contributed by atoms with Crippen LogP contribution in [0.15, 0.2) is 54.6 Å². The molecule has 1 spiro atoms. The normalized spacial score (nSPS) is 27.1. The van der Waals surface area contributed by atoms with Crippen molar-refractivity contribution in [2.24, 2.45) is 0 Å². The van der Waals surface area contributed by atoms with E-state index >= 15 is 0 Å². The third-order valence-corrected chi connectivity index (χ3v) is 5.30. The second-order valence-corrected chi connectivity index (χ2v) is 6.94. The molecule has 0 amide bonds. The van der Waals surface area contributed by atoms with Crippen molar-refractivity contribution < 1.29 is 9.47 Å². The Balaban J connectivity index is 1.61. The number of rotatable bonds is 3. The van der Waals surface area contributed by atoms with Crippen molar-refractivity contribution in [3.05, 3.63) is 71.3 Å². The largest absolute Gasteiger partial charge is 0.355 e. The highest BCUT2D eigenvalue weighted by Crippen LogP contribution is 2.42. The van der Waals surface area contributed by atoms with Gasteiger partial charge in [0.25, 0.3) is 0 Å². The molecule has 24 heavy (non-hydrogen) atoms. The summed E-state index contributed by atoms with van der Waals surface area (Å²) in [6.07, 6.45) is 2.91. The van der Waals surface area contributed by atoms with E-state index in [2.05, 4.69) is 59.5 Å². The van der Waals surface area contributed by atoms with Gasteiger partial charge >= 0.3 is 0 Å². The van der Waals surface area contributed by atoms with Crippen LogP contribution in [0.25, 0.3) is 0 Å². The average molecular weight is 323 g/mol. The quantitative estimate of drug-likeness (QED) is 0.859. The van der Waals surface area contributed by atoms with Crippen LogP contribution in [-0.4, -0.2) is 31.4 Å². The third kappa shape index (κ3) is 3.00. The van der Waals surface area contributed by atoms with E-state index in [1.54, 1.807) is 7.11 Å². The lowest BCUT2D eigenvalue weighted by molar-refractivity contribution is -0.229. The van der Waals surface area contributed by atoms with Gasteiger partial charge in [-0.2, -0.15) is 0 Å². The summed E-state index contributed by atoms with van der Waals surface area (Å²) >= 11 is 0. The van der Waals surface area contributed by atoms with Gasteiger partial charge in [0.15, 0.2) is 6.29 Å². The van der Waals surface area contributed by atoms with E-state index in [9.17, 15) is 0 Å². The van der Waals surface area contributed by atoms with Crippen LogP contribution in [0.4, 0.5) is 0 Å². The lowest BCUT2D eigenvalue weighted by Crippen LogP contribution is -2.52. The van der Waals surface area contributed by atoms with E-state index in [0.717, 1.165) is 38.9 Å². The Kier molecular flexibility index (Phi) is 4.40. The van der Waals surface area contributed by atoms with Gasteiger partial charge in [-0.1, -0.05) is 54.6 Å². The first-order chi connectivity index (χ1) is 11.8. The molecule has 0 radical (unpaired) electrons. The van der Waals surface area contributed by atoms with Gasteiger partial charge in [-0.25, -0.2) is 0 Å². The summed E-state index contributed by atoms with van der Waals surface area (Å²) in [6, 6.07) is 19.4. The van der Waals surface area contributed by atoms with Gasteiger partial charge < -0.3 is 9.47 Å². The predicted octanol–water partition coefficient (Wildman–Crippen LogP) is 3.72. The van der Waals surface area contributed by atoms with Crippen molar-refractivity contribution in [1.82, 2.24) is 4.90 Å². The monoisotopic (exact) mass is 323 g/mol. The maximum absolute atomic E-state index is 6.49. The first kappa shape index (κ1) is 15.8. The molecule has 3 heteroatoms. The smallest absolute Gasteiger partial charge is 0.162 e. The van der Waals surface area contributed by atoms with E-state index in [1.165, 1.54) is 16.7 Å². The highest BCUT2D eigenvalue weighted by Gasteiger charge is 2.44. The van der Waals surface area contributed by atoms with Gasteiger partial charge in [0.05, 0.1) is 0 Å². The molecule has 1 saturated heterocycles. The van der Waals surface area contributed by atoms with Crippen molar-refractivity contribution >= 4 is 0 Å². The molecule has 2 atom stereocenters. The van der Waals surface area contributed by atoms with E-state index in [0.29, 0.717) is 0 Å². The fourth-order valence-electron chi connectivity index (χ4n) is 4.21. The third-order valence-electron chi connectivity index (χ3n) is 5.30. The molecule has 3 nitrogen and oxygen atoms in total. The van der Waals surface area contributed by atoms with Crippen molar-refractivity contribution in [2.45, 2.75) is 37.7 Å². The van der Waals surface area contributed by atoms with Crippen LogP contribution in [-0.2, 0) is 28.0 Å². The Labute approximate surface area is 144 Å². The van der Waals surface area contributed by atoms with Gasteiger partial charge in [-0.3, -0.25) is 4.90 Å². The Hall–Kier alpha value is -1.68. The molecule has 4 rings (SSSR count). The zero-order chi connectivity index (χ0) is 16.4. The lowest BCUT2D eigenvalue weighted by Gasteiger charge is -2.47. The Bertz CT molecular complexity index is 687. The van der Waals surface area contributed by atoms with Crippen LogP contribution < -0.4 is 0 Å². The van der Waals surface area contributed by atoms with Gasteiger partial charge in [-0.05, 0) is 36.1 Å². The lowest BCUT2D eigenvalue weighted by atomic mass is 9.80. The summed E-state index contributed by atoms with van der Waals surface area (Å²) in [5.41, 5.74) is 3.86. The molecule has 2 aliphatic rings. The first-order valence-electron chi connectivity index (χ1n) is 8.84. The topological polar surface area (TPSA) is 21.7 Å². The van der Waals surface area contributed by atoms with Gasteiger partial charge in [0, 0.05) is 26.6 Å². The van der Waals surface area contributed by atoms with Crippen molar-refractivity contribution in [2.75, 3.05) is 20.2 Å². The summed E-state index contributed by atoms with van der Waals surface area (Å²) in [4.78, 5) is 2.52. The first-order valence-corrected chi connectivity index (χ1v) is 8.84. The molecule has 0 N–H and O–H groups in total. The molecular weight excluding hydrogens is 298 g/mol. The van der Waals surface area contributed by atoms with Gasteiger partial charge in [0.2, 0.25) is 0 Å². The summed E-state index contributed by atoms with van der Waals surface area (Å²) in [7, 11) is 1.75. The van der Waals surface area contributed by atoms with Crippen LogP contribution in [0.3, 0.4) is 0 Å². The minimum Gasteiger partial charge on any atom is -0.355 e. The molecule has 1 fully saturated rings. The van der Waals surface area contributed by atoms with Crippen molar-refractivity contribution in [3.8, 4) is 0 Å². The fourth-order valence-corrected chi connectivity index (χ4v) is 4.21. The van der Waals surface area contributed by atoms with Crippen LogP contribution in [0.2, 0.25) is 0 Å². The van der Waals surface area contributed by atoms with Crippen molar-refractivity contribution in [1.29, 1.82) is 0 Å². The molecule has 2 aromatic rings. The van der Waals surface area contributed by atoms with E-state index in [1.807, 2.05) is 0 Å². The van der Waals surface area contributed by atoms with Crippen molar-refractivity contribution in [3.63, 3.8) is 0 Å². The zero-order valence-corrected chi connectivity index (χ0v) is 14.3. The summed E-state index contributed by atoms with van der Waals surface area (Å²) in [5, 5.41) is 0. The van der Waals surface area contributed by atoms with Crippen LogP contribution in [0.1, 0.15) is 29.5 Å². The molecule has 2 aliphatic heterocycles. The highest BCUT2D eigenvalue weighted by molar-refractivity contribution is 5.36. The number of methoxy groups -OCH3 is 1. The number of hydrogen-bond donors (Lipinski definition) is 0. The highest BCUT2D eigenvalue weighted by atomic mass is 16.7. The van der Waals surface area contributed by atoms with E-state index in [4.69, 9.17) is 9.47 Å². The second-order valence-electron chi connectivity index (χ2n) is 6.94. The summed E-state index contributed by atoms with van der Waals surface area (Å²) in [6.45, 7) is 3.03. The number of fused-ring (bicyclic) bond motifs is 2. The SMILES string of the molecule is CO[C@H]1Cc2ccccc2[C@@]2(CCCN(Cc3ccccc3)C2)O1. The molecular formula is C21H25NO2. The maximum Gasteiger partial charge on any atom is 0.162 e.